The molecule has 2 unspecified atom stereocenters. The van der Waals surface area contributed by atoms with Crippen molar-refractivity contribution in [2.24, 2.45) is 5.92 Å². The number of aliphatic hydroxyl groups excluding tert-OH is 1. The number of H-pyrrole nitrogens is 1. The summed E-state index contributed by atoms with van der Waals surface area (Å²) in [6.45, 7) is -0.0990. The van der Waals surface area contributed by atoms with E-state index in [1.54, 1.807) is 6.20 Å². The molecule has 2 fully saturated rings. The molecule has 25 heavy (non-hydrogen) atoms. The second kappa shape index (κ2) is 5.46. The Kier molecular flexibility index (Phi) is 3.22. The number of nitriles is 1. The van der Waals surface area contributed by atoms with Crippen LogP contribution in [-0.4, -0.2) is 36.8 Å². The van der Waals surface area contributed by atoms with E-state index in [9.17, 15) is 5.11 Å². The lowest BCUT2D eigenvalue weighted by Gasteiger charge is -2.41. The fourth-order valence-corrected chi connectivity index (χ4v) is 4.84. The third-order valence-corrected chi connectivity index (χ3v) is 5.79. The van der Waals surface area contributed by atoms with E-state index in [-0.39, 0.29) is 6.61 Å². The van der Waals surface area contributed by atoms with Crippen LogP contribution in [0, 0.1) is 17.2 Å². The molecule has 0 aliphatic carbocycles. The molecule has 2 saturated heterocycles. The second-order valence-electron chi connectivity index (χ2n) is 7.19. The van der Waals surface area contributed by atoms with E-state index in [2.05, 4.69) is 30.7 Å². The molecule has 0 saturated carbocycles. The number of hydrogen-bond acceptors (Lipinski definition) is 5. The fraction of sp³-hybridized carbons (Fsp3) is 0.500. The van der Waals surface area contributed by atoms with Crippen molar-refractivity contribution in [1.82, 2.24) is 19.6 Å². The zero-order valence-electron chi connectivity index (χ0n) is 13.9. The third kappa shape index (κ3) is 2.07. The van der Waals surface area contributed by atoms with Gasteiger partial charge in [0, 0.05) is 30.1 Å². The normalized spacial score (nSPS) is 25.8. The molecular weight excluding hydrogens is 316 g/mol. The largest absolute Gasteiger partial charge is 0.388 e. The van der Waals surface area contributed by atoms with Crippen molar-refractivity contribution < 1.29 is 5.11 Å². The second-order valence-corrected chi connectivity index (χ2v) is 7.19. The van der Waals surface area contributed by atoms with Crippen LogP contribution in [0.15, 0.2) is 18.5 Å². The first-order valence-corrected chi connectivity index (χ1v) is 8.90. The number of aliphatic hydroxyl groups is 1. The molecule has 2 N–H and O–H groups in total. The van der Waals surface area contributed by atoms with Crippen LogP contribution in [0.2, 0.25) is 0 Å². The third-order valence-electron chi connectivity index (χ3n) is 5.79. The average molecular weight is 336 g/mol. The number of aromatic amines is 1. The molecule has 128 valence electrons. The van der Waals surface area contributed by atoms with Gasteiger partial charge in [-0.1, -0.05) is 0 Å². The number of piperidine rings is 1. The highest BCUT2D eigenvalue weighted by Crippen LogP contribution is 2.40. The summed E-state index contributed by atoms with van der Waals surface area (Å²) in [4.78, 5) is 12.2. The number of pyridine rings is 1. The van der Waals surface area contributed by atoms with E-state index >= 15 is 0 Å². The molecule has 0 radical (unpaired) electrons. The van der Waals surface area contributed by atoms with Gasteiger partial charge in [-0.15, -0.1) is 0 Å². The molecule has 7 nitrogen and oxygen atoms in total. The Morgan fingerprint density at radius 1 is 1.32 bits per heavy atom. The lowest BCUT2D eigenvalue weighted by molar-refractivity contribution is 0.249. The Labute approximate surface area is 144 Å². The van der Waals surface area contributed by atoms with Gasteiger partial charge < -0.3 is 15.1 Å². The maximum absolute atomic E-state index is 9.92. The highest BCUT2D eigenvalue weighted by atomic mass is 16.3. The van der Waals surface area contributed by atoms with Gasteiger partial charge in [-0.2, -0.15) is 5.26 Å². The van der Waals surface area contributed by atoms with E-state index in [4.69, 9.17) is 5.26 Å². The molecule has 0 aromatic carbocycles. The summed E-state index contributed by atoms with van der Waals surface area (Å²) in [5, 5.41) is 22.4. The van der Waals surface area contributed by atoms with Crippen molar-refractivity contribution in [2.45, 2.75) is 50.8 Å². The molecule has 5 heterocycles. The Hall–Kier alpha value is -2.59. The van der Waals surface area contributed by atoms with Gasteiger partial charge in [0.2, 0.25) is 0 Å². The zero-order chi connectivity index (χ0) is 17.0. The van der Waals surface area contributed by atoms with Crippen LogP contribution in [0.25, 0.3) is 22.1 Å². The highest BCUT2D eigenvalue weighted by molar-refractivity contribution is 6.01. The molecular formula is C18H20N6O. The van der Waals surface area contributed by atoms with Crippen molar-refractivity contribution in [2.75, 3.05) is 5.01 Å². The monoisotopic (exact) mass is 336 g/mol. The number of hydrogen-bond donors (Lipinski definition) is 2. The topological polar surface area (TPSA) is 93.8 Å². The number of rotatable bonds is 3. The van der Waals surface area contributed by atoms with Crippen molar-refractivity contribution in [1.29, 1.82) is 5.26 Å². The van der Waals surface area contributed by atoms with Gasteiger partial charge in [-0.3, -0.25) is 0 Å². The maximum atomic E-state index is 9.92. The van der Waals surface area contributed by atoms with Crippen molar-refractivity contribution in [3.05, 3.63) is 24.3 Å². The SMILES string of the molecule is N#CCC1CC2CCC(C1)N2n1c(CO)nc2cnc3[nH]ccc3c21. The number of aromatic nitrogens is 4. The Bertz CT molecular complexity index is 969. The Morgan fingerprint density at radius 3 is 2.84 bits per heavy atom. The molecule has 0 spiro atoms. The molecule has 5 rings (SSSR count). The highest BCUT2D eigenvalue weighted by Gasteiger charge is 2.42. The standard InChI is InChI=1S/C18H20N6O/c19-5-3-11-7-12-1-2-13(8-11)23(12)24-16(10-25)22-15-9-21-18-14(17(15)24)4-6-20-18/h4,6,9,11-13,25H,1-3,7-8,10H2,(H,20,21). The number of nitrogens with one attached hydrogen (secondary N) is 1. The first kappa shape index (κ1) is 14.7. The van der Waals surface area contributed by atoms with Gasteiger partial charge in [-0.25, -0.2) is 14.6 Å². The predicted octanol–water partition coefficient (Wildman–Crippen LogP) is 2.20. The summed E-state index contributed by atoms with van der Waals surface area (Å²) >= 11 is 0. The molecule has 2 bridgehead atoms. The van der Waals surface area contributed by atoms with E-state index < -0.39 is 0 Å². The van der Waals surface area contributed by atoms with Crippen LogP contribution in [0.1, 0.15) is 37.9 Å². The lowest BCUT2D eigenvalue weighted by Crippen LogP contribution is -2.50. The van der Waals surface area contributed by atoms with E-state index in [0.717, 1.165) is 47.8 Å². The van der Waals surface area contributed by atoms with Gasteiger partial charge in [0.15, 0.2) is 5.82 Å². The lowest BCUT2D eigenvalue weighted by atomic mass is 9.89. The van der Waals surface area contributed by atoms with Crippen molar-refractivity contribution >= 4 is 22.1 Å². The Morgan fingerprint density at radius 2 is 2.12 bits per heavy atom. The minimum absolute atomic E-state index is 0.0990. The smallest absolute Gasteiger partial charge is 0.154 e. The maximum Gasteiger partial charge on any atom is 0.154 e. The molecule has 7 heteroatoms. The van der Waals surface area contributed by atoms with Crippen molar-refractivity contribution in [3.8, 4) is 6.07 Å². The fourth-order valence-electron chi connectivity index (χ4n) is 4.84. The summed E-state index contributed by atoms with van der Waals surface area (Å²) in [6.07, 6.45) is 8.66. The molecule has 2 aliphatic heterocycles. The van der Waals surface area contributed by atoms with Gasteiger partial charge in [0.1, 0.15) is 23.3 Å². The summed E-state index contributed by atoms with van der Waals surface area (Å²) < 4.78 is 2.14. The van der Waals surface area contributed by atoms with Crippen LogP contribution in [-0.2, 0) is 6.61 Å². The first-order valence-electron chi connectivity index (χ1n) is 8.90. The molecule has 2 atom stereocenters. The van der Waals surface area contributed by atoms with Gasteiger partial charge in [0.25, 0.3) is 0 Å². The minimum Gasteiger partial charge on any atom is -0.388 e. The van der Waals surface area contributed by atoms with Crippen LogP contribution in [0.3, 0.4) is 0 Å². The summed E-state index contributed by atoms with van der Waals surface area (Å²) in [5.41, 5.74) is 2.67. The van der Waals surface area contributed by atoms with Crippen LogP contribution in [0.5, 0.6) is 0 Å². The summed E-state index contributed by atoms with van der Waals surface area (Å²) in [6, 6.07) is 5.17. The number of nitrogens with zero attached hydrogens (tertiary/aromatic N) is 5. The summed E-state index contributed by atoms with van der Waals surface area (Å²) in [5.74, 6) is 1.15. The molecule has 0 amide bonds. The van der Waals surface area contributed by atoms with Gasteiger partial charge in [0.05, 0.1) is 12.3 Å². The van der Waals surface area contributed by atoms with Gasteiger partial charge in [-0.05, 0) is 37.7 Å². The minimum atomic E-state index is -0.0990. The number of imidazole rings is 1. The first-order chi connectivity index (χ1) is 12.3. The Balaban J connectivity index is 1.68. The molecule has 3 aromatic rings. The molecule has 3 aromatic heterocycles. The van der Waals surface area contributed by atoms with Crippen LogP contribution >= 0.6 is 0 Å². The quantitative estimate of drug-likeness (QED) is 0.765. The van der Waals surface area contributed by atoms with Crippen molar-refractivity contribution in [3.63, 3.8) is 0 Å². The summed E-state index contributed by atoms with van der Waals surface area (Å²) in [7, 11) is 0. The number of fused-ring (bicyclic) bond motifs is 5. The zero-order valence-corrected chi connectivity index (χ0v) is 13.9. The van der Waals surface area contributed by atoms with Crippen LogP contribution < -0.4 is 5.01 Å². The van der Waals surface area contributed by atoms with E-state index in [1.807, 2.05) is 12.3 Å². The van der Waals surface area contributed by atoms with E-state index in [0.29, 0.717) is 30.2 Å². The molecule has 2 aliphatic rings. The predicted molar refractivity (Wildman–Crippen MR) is 93.3 cm³/mol. The van der Waals surface area contributed by atoms with Crippen LogP contribution in [0.4, 0.5) is 0 Å². The van der Waals surface area contributed by atoms with Gasteiger partial charge >= 0.3 is 0 Å². The average Bonchev–Trinajstić information content (AvgIpc) is 3.28. The van der Waals surface area contributed by atoms with E-state index in [1.165, 1.54) is 0 Å².